The Kier molecular flexibility index (Phi) is 4.43. The first-order valence-corrected chi connectivity index (χ1v) is 10.7. The van der Waals surface area contributed by atoms with Crippen LogP contribution in [0.15, 0.2) is 73.4 Å². The van der Waals surface area contributed by atoms with Crippen LogP contribution in [0, 0.1) is 0 Å². The van der Waals surface area contributed by atoms with E-state index in [1.807, 2.05) is 18.6 Å². The predicted molar refractivity (Wildman–Crippen MR) is 123 cm³/mol. The Morgan fingerprint density at radius 3 is 2.45 bits per heavy atom. The van der Waals surface area contributed by atoms with Gasteiger partial charge in [0.15, 0.2) is 5.65 Å². The van der Waals surface area contributed by atoms with Crippen molar-refractivity contribution in [2.24, 2.45) is 0 Å². The molecule has 4 heterocycles. The Morgan fingerprint density at radius 1 is 0.806 bits per heavy atom. The standard InChI is InChI=1S/C25H22N6/c1-2-4-18-11-19(6-5-17(18)3-1)20-12-23-25(29-15-20)31(22-7-9-26-10-8-22)24(30-23)21-13-27-16-28-14-21/h1-6,11-16,22,26H,7-10H2. The summed E-state index contributed by atoms with van der Waals surface area (Å²) in [6.45, 7) is 2.01. The number of benzene rings is 2. The fourth-order valence-electron chi connectivity index (χ4n) is 4.54. The molecule has 0 saturated carbocycles. The maximum atomic E-state index is 5.01. The molecule has 1 fully saturated rings. The second-order valence-electron chi connectivity index (χ2n) is 8.04. The van der Waals surface area contributed by atoms with E-state index in [0.29, 0.717) is 6.04 Å². The molecule has 0 spiro atoms. The number of rotatable bonds is 3. The van der Waals surface area contributed by atoms with Crippen molar-refractivity contribution in [2.75, 3.05) is 13.1 Å². The van der Waals surface area contributed by atoms with Crippen LogP contribution < -0.4 is 5.32 Å². The van der Waals surface area contributed by atoms with Gasteiger partial charge in [0.05, 0.1) is 5.56 Å². The Morgan fingerprint density at radius 2 is 1.61 bits per heavy atom. The van der Waals surface area contributed by atoms with Gasteiger partial charge in [-0.1, -0.05) is 36.4 Å². The summed E-state index contributed by atoms with van der Waals surface area (Å²) < 4.78 is 2.29. The van der Waals surface area contributed by atoms with Crippen molar-refractivity contribution in [3.63, 3.8) is 0 Å². The second kappa shape index (κ2) is 7.56. The molecule has 0 radical (unpaired) electrons. The minimum atomic E-state index is 0.362. The molecule has 1 saturated heterocycles. The third kappa shape index (κ3) is 3.25. The third-order valence-electron chi connectivity index (χ3n) is 6.11. The molecule has 31 heavy (non-hydrogen) atoms. The maximum Gasteiger partial charge on any atom is 0.160 e. The van der Waals surface area contributed by atoms with E-state index in [0.717, 1.165) is 59.6 Å². The van der Waals surface area contributed by atoms with Gasteiger partial charge in [-0.2, -0.15) is 0 Å². The highest BCUT2D eigenvalue weighted by Crippen LogP contribution is 2.33. The van der Waals surface area contributed by atoms with Gasteiger partial charge in [0, 0.05) is 30.2 Å². The molecule has 0 unspecified atom stereocenters. The lowest BCUT2D eigenvalue weighted by molar-refractivity contribution is 0.376. The zero-order valence-electron chi connectivity index (χ0n) is 17.1. The molecule has 152 valence electrons. The van der Waals surface area contributed by atoms with Crippen LogP contribution in [0.25, 0.3) is 44.5 Å². The van der Waals surface area contributed by atoms with Crippen molar-refractivity contribution < 1.29 is 0 Å². The normalized spacial score (nSPS) is 15.0. The first-order valence-electron chi connectivity index (χ1n) is 10.7. The molecule has 2 aromatic carbocycles. The van der Waals surface area contributed by atoms with Gasteiger partial charge < -0.3 is 9.88 Å². The van der Waals surface area contributed by atoms with E-state index in [1.54, 1.807) is 6.33 Å². The molecule has 0 bridgehead atoms. The summed E-state index contributed by atoms with van der Waals surface area (Å²) in [7, 11) is 0. The quantitative estimate of drug-likeness (QED) is 0.473. The van der Waals surface area contributed by atoms with Crippen molar-refractivity contribution >= 4 is 21.9 Å². The number of hydrogen-bond acceptors (Lipinski definition) is 5. The average Bonchev–Trinajstić information content (AvgIpc) is 3.23. The number of nitrogens with zero attached hydrogens (tertiary/aromatic N) is 5. The summed E-state index contributed by atoms with van der Waals surface area (Å²) in [5.41, 5.74) is 4.97. The summed E-state index contributed by atoms with van der Waals surface area (Å²) in [6, 6.07) is 17.5. The molecular formula is C25H22N6. The monoisotopic (exact) mass is 406 g/mol. The molecule has 3 aromatic heterocycles. The summed E-state index contributed by atoms with van der Waals surface area (Å²) in [5, 5.41) is 5.91. The van der Waals surface area contributed by atoms with Crippen molar-refractivity contribution in [1.29, 1.82) is 0 Å². The smallest absolute Gasteiger partial charge is 0.160 e. The van der Waals surface area contributed by atoms with E-state index in [9.17, 15) is 0 Å². The van der Waals surface area contributed by atoms with Crippen LogP contribution in [-0.2, 0) is 0 Å². The lowest BCUT2D eigenvalue weighted by atomic mass is 10.0. The van der Waals surface area contributed by atoms with E-state index in [1.165, 1.54) is 10.8 Å². The highest BCUT2D eigenvalue weighted by Gasteiger charge is 2.23. The van der Waals surface area contributed by atoms with E-state index in [4.69, 9.17) is 9.97 Å². The highest BCUT2D eigenvalue weighted by atomic mass is 15.2. The molecule has 0 amide bonds. The van der Waals surface area contributed by atoms with Gasteiger partial charge in [-0.05, 0) is 54.4 Å². The Hall–Kier alpha value is -3.64. The number of pyridine rings is 1. The lowest BCUT2D eigenvalue weighted by Crippen LogP contribution is -2.29. The molecular weight excluding hydrogens is 384 g/mol. The van der Waals surface area contributed by atoms with E-state index in [2.05, 4.69) is 68.4 Å². The van der Waals surface area contributed by atoms with Gasteiger partial charge in [0.1, 0.15) is 17.7 Å². The Balaban J connectivity index is 1.51. The first-order chi connectivity index (χ1) is 15.4. The van der Waals surface area contributed by atoms with Crippen LogP contribution in [0.2, 0.25) is 0 Å². The van der Waals surface area contributed by atoms with Crippen LogP contribution in [-0.4, -0.2) is 37.6 Å². The summed E-state index contributed by atoms with van der Waals surface area (Å²) in [5.74, 6) is 0.894. The molecule has 0 atom stereocenters. The number of imidazole rings is 1. The number of nitrogens with one attached hydrogen (secondary N) is 1. The summed E-state index contributed by atoms with van der Waals surface area (Å²) >= 11 is 0. The average molecular weight is 406 g/mol. The van der Waals surface area contributed by atoms with E-state index < -0.39 is 0 Å². The lowest BCUT2D eigenvalue weighted by Gasteiger charge is -2.25. The van der Waals surface area contributed by atoms with Crippen LogP contribution in [0.3, 0.4) is 0 Å². The number of aromatic nitrogens is 5. The van der Waals surface area contributed by atoms with Gasteiger partial charge >= 0.3 is 0 Å². The fourth-order valence-corrected chi connectivity index (χ4v) is 4.54. The second-order valence-corrected chi connectivity index (χ2v) is 8.04. The zero-order valence-corrected chi connectivity index (χ0v) is 17.1. The molecule has 6 heteroatoms. The van der Waals surface area contributed by atoms with Gasteiger partial charge in [0.2, 0.25) is 0 Å². The Bertz CT molecular complexity index is 1370. The minimum absolute atomic E-state index is 0.362. The molecule has 5 aromatic rings. The number of piperidine rings is 1. The van der Waals surface area contributed by atoms with Crippen molar-refractivity contribution in [2.45, 2.75) is 18.9 Å². The third-order valence-corrected chi connectivity index (χ3v) is 6.11. The van der Waals surface area contributed by atoms with Gasteiger partial charge in [-0.25, -0.2) is 19.9 Å². The van der Waals surface area contributed by atoms with Crippen molar-refractivity contribution in [3.05, 3.63) is 73.4 Å². The number of fused-ring (bicyclic) bond motifs is 2. The van der Waals surface area contributed by atoms with E-state index >= 15 is 0 Å². The summed E-state index contributed by atoms with van der Waals surface area (Å²) in [6.07, 6.45) is 9.29. The molecule has 0 aliphatic carbocycles. The zero-order chi connectivity index (χ0) is 20.6. The molecule has 1 aliphatic heterocycles. The van der Waals surface area contributed by atoms with Gasteiger partial charge in [-0.15, -0.1) is 0 Å². The largest absolute Gasteiger partial charge is 0.317 e. The minimum Gasteiger partial charge on any atom is -0.317 e. The Labute approximate surface area is 180 Å². The van der Waals surface area contributed by atoms with Crippen LogP contribution in [0.5, 0.6) is 0 Å². The predicted octanol–water partition coefficient (Wildman–Crippen LogP) is 4.63. The molecule has 6 nitrogen and oxygen atoms in total. The summed E-state index contributed by atoms with van der Waals surface area (Å²) in [4.78, 5) is 18.3. The van der Waals surface area contributed by atoms with Gasteiger partial charge in [-0.3, -0.25) is 0 Å². The molecule has 6 rings (SSSR count). The highest BCUT2D eigenvalue weighted by molar-refractivity contribution is 5.89. The number of hydrogen-bond donors (Lipinski definition) is 1. The van der Waals surface area contributed by atoms with Crippen LogP contribution in [0.1, 0.15) is 18.9 Å². The topological polar surface area (TPSA) is 68.5 Å². The first kappa shape index (κ1) is 18.2. The van der Waals surface area contributed by atoms with Gasteiger partial charge in [0.25, 0.3) is 0 Å². The van der Waals surface area contributed by atoms with Crippen molar-refractivity contribution in [3.8, 4) is 22.5 Å². The fraction of sp³-hybridized carbons (Fsp3) is 0.200. The SMILES string of the molecule is c1ccc2cc(-c3cnc4c(c3)nc(-c3cncnc3)n4C3CCNCC3)ccc2c1. The maximum absolute atomic E-state index is 5.01. The molecule has 1 N–H and O–H groups in total. The van der Waals surface area contributed by atoms with Crippen LogP contribution >= 0.6 is 0 Å². The van der Waals surface area contributed by atoms with Crippen LogP contribution in [0.4, 0.5) is 0 Å². The molecule has 1 aliphatic rings. The van der Waals surface area contributed by atoms with E-state index in [-0.39, 0.29) is 0 Å². The van der Waals surface area contributed by atoms with Crippen molar-refractivity contribution in [1.82, 2.24) is 29.8 Å².